The number of benzene rings is 2. The molecule has 4 rings (SSSR count). The molecule has 9 atom stereocenters. The van der Waals surface area contributed by atoms with Crippen LogP contribution < -0.4 is 36.6 Å². The second-order valence-electron chi connectivity index (χ2n) is 20.7. The van der Waals surface area contributed by atoms with Gasteiger partial charge in [-0.15, -0.1) is 0 Å². The van der Waals surface area contributed by atoms with Gasteiger partial charge >= 0.3 is 11.9 Å². The molecule has 1 saturated heterocycles. The molecule has 7 N–H and O–H groups in total. The molecule has 0 saturated carbocycles. The van der Waals surface area contributed by atoms with Crippen molar-refractivity contribution in [1.82, 2.24) is 31.9 Å². The van der Waals surface area contributed by atoms with E-state index in [9.17, 15) is 38.4 Å². The maximum Gasteiger partial charge on any atom is 0.328 e. The van der Waals surface area contributed by atoms with Gasteiger partial charge < -0.3 is 51.2 Å². The number of halogens is 1. The molecule has 2 aromatic carbocycles. The minimum absolute atomic E-state index is 0.0483. The summed E-state index contributed by atoms with van der Waals surface area (Å²) in [7, 11) is 1.49. The van der Waals surface area contributed by atoms with Crippen LogP contribution in [0.1, 0.15) is 124 Å². The largest absolute Gasteiger partial charge is 0.495 e. The van der Waals surface area contributed by atoms with Crippen LogP contribution in [0.4, 0.5) is 0 Å². The van der Waals surface area contributed by atoms with Crippen LogP contribution in [-0.2, 0) is 60.8 Å². The van der Waals surface area contributed by atoms with Gasteiger partial charge in [-0.3, -0.25) is 33.6 Å². The van der Waals surface area contributed by atoms with Crippen molar-refractivity contribution < 1.29 is 57.7 Å². The smallest absolute Gasteiger partial charge is 0.328 e. The normalized spacial score (nSPS) is 23.6. The predicted octanol–water partition coefficient (Wildman–Crippen LogP) is 4.99. The van der Waals surface area contributed by atoms with Crippen molar-refractivity contribution in [3.63, 3.8) is 0 Å². The lowest BCUT2D eigenvalue weighted by molar-refractivity contribution is -0.157. The number of esters is 1. The maximum absolute atomic E-state index is 14.2. The number of cyclic esters (lactones) is 1. The molecule has 0 aromatic heterocycles. The summed E-state index contributed by atoms with van der Waals surface area (Å²) in [5.41, 5.74) is 0.651. The number of methoxy groups -OCH3 is 1. The fourth-order valence-corrected chi connectivity index (χ4v) is 8.25. The lowest BCUT2D eigenvalue weighted by atomic mass is 9.82. The van der Waals surface area contributed by atoms with Crippen LogP contribution in [0.5, 0.6) is 5.75 Å². The van der Waals surface area contributed by atoms with Gasteiger partial charge in [-0.2, -0.15) is 0 Å². The molecule has 2 aliphatic rings. The number of hydrogen-bond donors (Lipinski definition) is 7. The molecule has 4 unspecified atom stereocenters. The molecule has 390 valence electrons. The third-order valence-corrected chi connectivity index (χ3v) is 13.1. The van der Waals surface area contributed by atoms with E-state index in [1.165, 1.54) is 20.1 Å². The molecule has 2 aliphatic heterocycles. The second-order valence-corrected chi connectivity index (χ2v) is 21.1. The minimum Gasteiger partial charge on any atom is -0.495 e. The fourth-order valence-electron chi connectivity index (χ4n) is 7.97. The van der Waals surface area contributed by atoms with Gasteiger partial charge in [0.2, 0.25) is 35.4 Å². The number of rotatable bonds is 18. The van der Waals surface area contributed by atoms with Crippen LogP contribution in [0.15, 0.2) is 54.6 Å². The van der Waals surface area contributed by atoms with E-state index in [1.807, 2.05) is 52.0 Å². The molecule has 2 heterocycles. The zero-order chi connectivity index (χ0) is 53.0. The molecule has 18 nitrogen and oxygen atoms in total. The van der Waals surface area contributed by atoms with Crippen LogP contribution in [0, 0.1) is 22.7 Å². The van der Waals surface area contributed by atoms with Gasteiger partial charge in [0.1, 0.15) is 42.1 Å². The number of carboxylic acids is 1. The highest BCUT2D eigenvalue weighted by Gasteiger charge is 2.48. The van der Waals surface area contributed by atoms with Gasteiger partial charge in [-0.25, -0.2) is 4.79 Å². The highest BCUT2D eigenvalue weighted by atomic mass is 35.5. The van der Waals surface area contributed by atoms with Crippen molar-refractivity contribution in [2.45, 2.75) is 163 Å². The van der Waals surface area contributed by atoms with E-state index in [0.29, 0.717) is 16.3 Å². The molecular formula is C52H73ClN6O12. The van der Waals surface area contributed by atoms with Crippen molar-refractivity contribution in [3.8, 4) is 5.75 Å². The highest BCUT2D eigenvalue weighted by Crippen LogP contribution is 2.45. The average molecular weight is 1010 g/mol. The van der Waals surface area contributed by atoms with Crippen LogP contribution >= 0.6 is 11.6 Å². The number of carbonyl (C=O) groups excluding carboxylic acids is 7. The number of nitrogens with one attached hydrogen (secondary N) is 6. The molecule has 0 aliphatic carbocycles. The molecule has 1 fully saturated rings. The van der Waals surface area contributed by atoms with Gasteiger partial charge in [0.25, 0.3) is 0 Å². The highest BCUT2D eigenvalue weighted by molar-refractivity contribution is 6.32. The topological polar surface area (TPSA) is 260 Å². The molecule has 0 bridgehead atoms. The lowest BCUT2D eigenvalue weighted by Crippen LogP contribution is -2.58. The van der Waals surface area contributed by atoms with Crippen LogP contribution in [0.3, 0.4) is 0 Å². The Kier molecular flexibility index (Phi) is 20.6. The van der Waals surface area contributed by atoms with E-state index in [-0.39, 0.29) is 63.2 Å². The number of aliphatic carboxylic acids is 1. The third-order valence-electron chi connectivity index (χ3n) is 12.8. The first-order valence-corrected chi connectivity index (χ1v) is 24.5. The number of carbonyl (C=O) groups is 8. The Hall–Kier alpha value is -6.01. The quantitative estimate of drug-likeness (QED) is 0.0770. The Labute approximate surface area is 421 Å². The van der Waals surface area contributed by atoms with E-state index in [1.54, 1.807) is 58.9 Å². The Bertz CT molecular complexity index is 2280. The van der Waals surface area contributed by atoms with E-state index in [0.717, 1.165) is 11.1 Å². The zero-order valence-electron chi connectivity index (χ0n) is 42.7. The standard InChI is InChI=1S/C52H73ClN6O12/c1-28(2)43(59-41(61)16-13-17-42(62)63)48(66)55-30(4)46(64)54-27-32-18-21-34(22-19-32)45-44(71-45)29(3)38-14-12-15-40(60)57-36(25-33-20-23-39(69-11)35(53)24-33)47(65)56-31(5)52(9,10)50(68)58-37(49(67)70-38)26-51(6,7)8/h12,15,18-24,28-31,36-38,43-45H,13-14,16-17,25-27H2,1-11H3,(H,54,64)(H,55,66)(H,56,65)(H,57,60)(H,58,68)(H,59,61)(H,62,63)/b15-12+/t29?,30?,31?,36-,37+,38+,43?,44-,45-/m1/s1. The summed E-state index contributed by atoms with van der Waals surface area (Å²) in [5, 5.41) is 25.9. The average Bonchev–Trinajstić information content (AvgIpc) is 4.09. The molecule has 19 heteroatoms. The first kappa shape index (κ1) is 57.6. The van der Waals surface area contributed by atoms with Crippen molar-refractivity contribution in [2.75, 3.05) is 7.11 Å². The molecule has 0 spiro atoms. The number of amides is 6. The van der Waals surface area contributed by atoms with Crippen molar-refractivity contribution in [1.29, 1.82) is 0 Å². The molecule has 0 radical (unpaired) electrons. The number of hydrogen-bond acceptors (Lipinski definition) is 11. The van der Waals surface area contributed by atoms with E-state index in [4.69, 9.17) is 30.9 Å². The minimum atomic E-state index is -1.22. The molecule has 71 heavy (non-hydrogen) atoms. The summed E-state index contributed by atoms with van der Waals surface area (Å²) in [4.78, 5) is 105. The Morgan fingerprint density at radius 2 is 1.56 bits per heavy atom. The number of carboxylic acid groups (broad SMARTS) is 1. The van der Waals surface area contributed by atoms with Crippen LogP contribution in [-0.4, -0.2) is 102 Å². The summed E-state index contributed by atoms with van der Waals surface area (Å²) in [5.74, 6) is -4.89. The Morgan fingerprint density at radius 3 is 2.17 bits per heavy atom. The van der Waals surface area contributed by atoms with Gasteiger partial charge in [-0.1, -0.05) is 89.6 Å². The summed E-state index contributed by atoms with van der Waals surface area (Å²) >= 11 is 6.40. The molecule has 6 amide bonds. The molecule has 2 aromatic rings. The van der Waals surface area contributed by atoms with Crippen molar-refractivity contribution in [2.24, 2.45) is 22.7 Å². The fraction of sp³-hybridized carbons (Fsp3) is 0.577. The van der Waals surface area contributed by atoms with Gasteiger partial charge in [-0.05, 0) is 86.8 Å². The van der Waals surface area contributed by atoms with Crippen molar-refractivity contribution in [3.05, 3.63) is 76.3 Å². The second kappa shape index (κ2) is 25.4. The Morgan fingerprint density at radius 1 is 0.901 bits per heavy atom. The number of ether oxygens (including phenoxy) is 3. The molecular weight excluding hydrogens is 936 g/mol. The van der Waals surface area contributed by atoms with E-state index in [2.05, 4.69) is 31.9 Å². The van der Waals surface area contributed by atoms with Crippen LogP contribution in [0.2, 0.25) is 5.02 Å². The number of epoxide rings is 1. The van der Waals surface area contributed by atoms with Crippen LogP contribution in [0.25, 0.3) is 0 Å². The van der Waals surface area contributed by atoms with E-state index >= 15 is 0 Å². The van der Waals surface area contributed by atoms with Crippen molar-refractivity contribution >= 4 is 59.0 Å². The maximum atomic E-state index is 14.2. The van der Waals surface area contributed by atoms with Gasteiger partial charge in [0, 0.05) is 44.2 Å². The SMILES string of the molecule is COc1ccc(C[C@H]2NC(=O)/C=C/C[C@@H](C(C)[C@H]3O[C@@H]3c3ccc(CNC(=O)C(C)NC(=O)C(NC(=O)CCCC(=O)O)C(C)C)cc3)OC(=O)[C@H](CC(C)(C)C)NC(=O)C(C)(C)C(C)NC2=O)cc1Cl. The van der Waals surface area contributed by atoms with Gasteiger partial charge in [0.15, 0.2) is 0 Å². The summed E-state index contributed by atoms with van der Waals surface area (Å²) in [6.45, 7) is 17.9. The first-order valence-electron chi connectivity index (χ1n) is 24.2. The Balaban J connectivity index is 1.47. The lowest BCUT2D eigenvalue weighted by Gasteiger charge is -2.35. The first-order chi connectivity index (χ1) is 33.2. The van der Waals surface area contributed by atoms with Gasteiger partial charge in [0.05, 0.1) is 23.7 Å². The zero-order valence-corrected chi connectivity index (χ0v) is 43.5. The summed E-state index contributed by atoms with van der Waals surface area (Å²) < 4.78 is 17.7. The predicted molar refractivity (Wildman–Crippen MR) is 266 cm³/mol. The third kappa shape index (κ3) is 17.4. The van der Waals surface area contributed by atoms with E-state index < -0.39 is 100 Å². The summed E-state index contributed by atoms with van der Waals surface area (Å²) in [6, 6.07) is 7.82. The monoisotopic (exact) mass is 1010 g/mol. The summed E-state index contributed by atoms with van der Waals surface area (Å²) in [6.07, 6.45) is 1.69.